The Labute approximate surface area is 175 Å². The van der Waals surface area contributed by atoms with Gasteiger partial charge in [-0.15, -0.1) is 0 Å². The lowest BCUT2D eigenvalue weighted by Gasteiger charge is -2.25. The summed E-state index contributed by atoms with van der Waals surface area (Å²) in [7, 11) is 1.59. The van der Waals surface area contributed by atoms with Crippen molar-refractivity contribution in [2.45, 2.75) is 26.8 Å². The van der Waals surface area contributed by atoms with Gasteiger partial charge in [0, 0.05) is 13.7 Å². The predicted molar refractivity (Wildman–Crippen MR) is 114 cm³/mol. The summed E-state index contributed by atoms with van der Waals surface area (Å²) in [5.41, 5.74) is 3.51. The molecule has 30 heavy (non-hydrogen) atoms. The predicted octanol–water partition coefficient (Wildman–Crippen LogP) is 4.00. The lowest BCUT2D eigenvalue weighted by molar-refractivity contribution is 0.0663. The van der Waals surface area contributed by atoms with Gasteiger partial charge in [0.05, 0.1) is 30.2 Å². The SMILES string of the molecule is CCOc1ccc(C2c3c(oc4cc(C)c(C)cc4c3=O)C(=O)N2CCOC)cc1. The maximum atomic E-state index is 13.5. The largest absolute Gasteiger partial charge is 0.494 e. The van der Waals surface area contributed by atoms with Gasteiger partial charge in [-0.05, 0) is 61.7 Å². The van der Waals surface area contributed by atoms with Crippen LogP contribution in [0, 0.1) is 13.8 Å². The summed E-state index contributed by atoms with van der Waals surface area (Å²) in [6.45, 7) is 7.12. The number of ether oxygens (including phenoxy) is 2. The van der Waals surface area contributed by atoms with E-state index in [9.17, 15) is 9.59 Å². The number of fused-ring (bicyclic) bond motifs is 2. The van der Waals surface area contributed by atoms with Crippen LogP contribution < -0.4 is 10.2 Å². The molecule has 156 valence electrons. The highest BCUT2D eigenvalue weighted by Gasteiger charge is 2.42. The van der Waals surface area contributed by atoms with Gasteiger partial charge in [-0.2, -0.15) is 0 Å². The van der Waals surface area contributed by atoms with E-state index in [4.69, 9.17) is 13.9 Å². The van der Waals surface area contributed by atoms with Crippen LogP contribution in [0.3, 0.4) is 0 Å². The zero-order valence-electron chi connectivity index (χ0n) is 17.7. The van der Waals surface area contributed by atoms with Crippen LogP contribution in [0.4, 0.5) is 0 Å². The van der Waals surface area contributed by atoms with Crippen LogP contribution >= 0.6 is 0 Å². The number of methoxy groups -OCH3 is 1. The zero-order valence-corrected chi connectivity index (χ0v) is 17.7. The fourth-order valence-electron chi connectivity index (χ4n) is 3.96. The van der Waals surface area contributed by atoms with Crippen LogP contribution in [0.15, 0.2) is 45.6 Å². The summed E-state index contributed by atoms with van der Waals surface area (Å²) >= 11 is 0. The number of hydrogen-bond acceptors (Lipinski definition) is 5. The van der Waals surface area contributed by atoms with Crippen LogP contribution in [0.1, 0.15) is 45.8 Å². The van der Waals surface area contributed by atoms with Crippen LogP contribution in [0.5, 0.6) is 5.75 Å². The fraction of sp³-hybridized carbons (Fsp3) is 0.333. The van der Waals surface area contributed by atoms with Crippen LogP contribution in [0.25, 0.3) is 11.0 Å². The van der Waals surface area contributed by atoms with Gasteiger partial charge in [-0.25, -0.2) is 0 Å². The minimum absolute atomic E-state index is 0.116. The van der Waals surface area contributed by atoms with E-state index in [0.717, 1.165) is 22.4 Å². The Bertz CT molecular complexity index is 1160. The molecular weight excluding hydrogens is 382 g/mol. The second-order valence-electron chi connectivity index (χ2n) is 7.50. The first-order valence-electron chi connectivity index (χ1n) is 10.1. The van der Waals surface area contributed by atoms with Gasteiger partial charge in [0.1, 0.15) is 11.3 Å². The van der Waals surface area contributed by atoms with Crippen LogP contribution in [0.2, 0.25) is 0 Å². The van der Waals surface area contributed by atoms with Gasteiger partial charge in [0.15, 0.2) is 5.43 Å². The van der Waals surface area contributed by atoms with Gasteiger partial charge in [0.2, 0.25) is 5.76 Å². The van der Waals surface area contributed by atoms with Crippen molar-refractivity contribution < 1.29 is 18.7 Å². The summed E-state index contributed by atoms with van der Waals surface area (Å²) in [5.74, 6) is 0.565. The highest BCUT2D eigenvalue weighted by molar-refractivity contribution is 5.99. The van der Waals surface area contributed by atoms with Gasteiger partial charge < -0.3 is 18.8 Å². The molecule has 3 aromatic rings. The van der Waals surface area contributed by atoms with Gasteiger partial charge in [-0.3, -0.25) is 9.59 Å². The molecule has 1 aliphatic heterocycles. The second kappa shape index (κ2) is 7.95. The van der Waals surface area contributed by atoms with Crippen molar-refractivity contribution in [1.29, 1.82) is 0 Å². The molecule has 0 N–H and O–H groups in total. The molecule has 4 rings (SSSR count). The Morgan fingerprint density at radius 1 is 1.07 bits per heavy atom. The van der Waals surface area contributed by atoms with Crippen molar-refractivity contribution in [2.75, 3.05) is 26.9 Å². The molecule has 1 unspecified atom stereocenters. The number of carbonyl (C=O) groups is 1. The standard InChI is InChI=1S/C24H25NO5/c1-5-29-17-8-6-16(7-9-17)21-20-22(26)18-12-14(2)15(3)13-19(18)30-23(20)24(27)25(21)10-11-28-4/h6-9,12-13,21H,5,10-11H2,1-4H3. The van der Waals surface area contributed by atoms with E-state index in [1.165, 1.54) is 0 Å². The van der Waals surface area contributed by atoms with Gasteiger partial charge >= 0.3 is 0 Å². The van der Waals surface area contributed by atoms with Crippen molar-refractivity contribution in [3.8, 4) is 5.75 Å². The normalized spacial score (nSPS) is 15.7. The molecule has 0 saturated carbocycles. The minimum atomic E-state index is -0.527. The number of carbonyl (C=O) groups excluding carboxylic acids is 1. The van der Waals surface area contributed by atoms with Gasteiger partial charge in [-0.1, -0.05) is 12.1 Å². The maximum Gasteiger partial charge on any atom is 0.290 e. The number of nitrogens with zero attached hydrogens (tertiary/aromatic N) is 1. The van der Waals surface area contributed by atoms with E-state index in [2.05, 4.69) is 0 Å². The molecule has 6 nitrogen and oxygen atoms in total. The summed E-state index contributed by atoms with van der Waals surface area (Å²) < 4.78 is 16.7. The Hall–Kier alpha value is -3.12. The van der Waals surface area contributed by atoms with E-state index in [1.807, 2.05) is 57.2 Å². The summed E-state index contributed by atoms with van der Waals surface area (Å²) in [5, 5.41) is 0.495. The third kappa shape index (κ3) is 3.27. The average Bonchev–Trinajstić information content (AvgIpc) is 3.01. The zero-order chi connectivity index (χ0) is 21.4. The molecule has 1 amide bonds. The Morgan fingerprint density at radius 3 is 2.43 bits per heavy atom. The first kappa shape index (κ1) is 20.2. The number of hydrogen-bond donors (Lipinski definition) is 0. The molecule has 1 aliphatic rings. The van der Waals surface area contributed by atoms with E-state index in [0.29, 0.717) is 36.3 Å². The fourth-order valence-corrected chi connectivity index (χ4v) is 3.96. The first-order valence-corrected chi connectivity index (χ1v) is 10.1. The first-order chi connectivity index (χ1) is 14.5. The molecule has 1 aromatic heterocycles. The quantitative estimate of drug-likeness (QED) is 0.618. The van der Waals surface area contributed by atoms with E-state index in [1.54, 1.807) is 12.0 Å². The molecule has 0 bridgehead atoms. The topological polar surface area (TPSA) is 69.0 Å². The molecule has 1 atom stereocenters. The summed E-state index contributed by atoms with van der Waals surface area (Å²) in [6, 6.07) is 10.6. The molecule has 2 aromatic carbocycles. The van der Waals surface area contributed by atoms with Crippen molar-refractivity contribution in [1.82, 2.24) is 4.90 Å². The minimum Gasteiger partial charge on any atom is -0.494 e. The van der Waals surface area contributed by atoms with Gasteiger partial charge in [0.25, 0.3) is 5.91 Å². The van der Waals surface area contributed by atoms with Crippen molar-refractivity contribution in [2.24, 2.45) is 0 Å². The second-order valence-corrected chi connectivity index (χ2v) is 7.50. The monoisotopic (exact) mass is 407 g/mol. The molecule has 6 heteroatoms. The molecule has 0 aliphatic carbocycles. The van der Waals surface area contributed by atoms with E-state index in [-0.39, 0.29) is 17.1 Å². The lowest BCUT2D eigenvalue weighted by Crippen LogP contribution is -2.32. The lowest BCUT2D eigenvalue weighted by atomic mass is 9.97. The summed E-state index contributed by atoms with van der Waals surface area (Å²) in [6.07, 6.45) is 0. The highest BCUT2D eigenvalue weighted by Crippen LogP contribution is 2.38. The number of rotatable bonds is 6. The third-order valence-electron chi connectivity index (χ3n) is 5.63. The Balaban J connectivity index is 1.91. The highest BCUT2D eigenvalue weighted by atomic mass is 16.5. The van der Waals surface area contributed by atoms with Crippen LogP contribution in [-0.4, -0.2) is 37.7 Å². The molecule has 2 heterocycles. The average molecular weight is 407 g/mol. The molecule has 0 fully saturated rings. The van der Waals surface area contributed by atoms with Crippen molar-refractivity contribution in [3.63, 3.8) is 0 Å². The molecular formula is C24H25NO5. The number of amides is 1. The number of aryl methyl sites for hydroxylation is 2. The molecule has 0 spiro atoms. The smallest absolute Gasteiger partial charge is 0.290 e. The van der Waals surface area contributed by atoms with E-state index >= 15 is 0 Å². The third-order valence-corrected chi connectivity index (χ3v) is 5.63. The van der Waals surface area contributed by atoms with Crippen LogP contribution in [-0.2, 0) is 4.74 Å². The maximum absolute atomic E-state index is 13.5. The van der Waals surface area contributed by atoms with Crippen molar-refractivity contribution in [3.05, 3.63) is 74.6 Å². The Morgan fingerprint density at radius 2 is 1.77 bits per heavy atom. The molecule has 0 radical (unpaired) electrons. The number of benzene rings is 2. The van der Waals surface area contributed by atoms with E-state index < -0.39 is 6.04 Å². The summed E-state index contributed by atoms with van der Waals surface area (Å²) in [4.78, 5) is 28.4. The molecule has 0 saturated heterocycles. The Kier molecular flexibility index (Phi) is 5.35. The van der Waals surface area contributed by atoms with Crippen molar-refractivity contribution >= 4 is 16.9 Å².